The highest BCUT2D eigenvalue weighted by atomic mass is 35.5. The average molecular weight is 308 g/mol. The second kappa shape index (κ2) is 5.43. The molecule has 3 nitrogen and oxygen atoms in total. The van der Waals surface area contributed by atoms with Crippen LogP contribution in [0.3, 0.4) is 0 Å². The first kappa shape index (κ1) is 13.4. The Kier molecular flexibility index (Phi) is 3.64. The van der Waals surface area contributed by atoms with E-state index in [0.717, 1.165) is 23.3 Å². The number of pyridine rings is 1. The Bertz CT molecular complexity index is 686. The Morgan fingerprint density at radius 3 is 3.00 bits per heavy atom. The number of hydrogen-bond acceptors (Lipinski definition) is 3. The molecule has 2 heterocycles. The van der Waals surface area contributed by atoms with E-state index in [1.807, 2.05) is 6.07 Å². The van der Waals surface area contributed by atoms with Gasteiger partial charge in [-0.1, -0.05) is 23.2 Å². The molecule has 5 heteroatoms. The number of Topliss-reactive ketones (excluding diaryl/α,β-unsaturated/α-hetero) is 1. The number of benzene rings is 1. The van der Waals surface area contributed by atoms with Crippen LogP contribution in [0.5, 0.6) is 5.75 Å². The summed E-state index contributed by atoms with van der Waals surface area (Å²) in [6, 6.07) is 6.99. The summed E-state index contributed by atoms with van der Waals surface area (Å²) in [6.07, 6.45) is 2.55. The molecule has 0 bridgehead atoms. The number of ketones is 1. The van der Waals surface area contributed by atoms with Crippen LogP contribution in [-0.4, -0.2) is 17.4 Å². The number of nitrogens with zero attached hydrogens (tertiary/aromatic N) is 1. The van der Waals surface area contributed by atoms with Crippen LogP contribution in [0.15, 0.2) is 30.5 Å². The fraction of sp³-hybridized carbons (Fsp3) is 0.200. The summed E-state index contributed by atoms with van der Waals surface area (Å²) < 4.78 is 5.59. The van der Waals surface area contributed by atoms with Crippen LogP contribution < -0.4 is 4.74 Å². The Morgan fingerprint density at radius 1 is 1.35 bits per heavy atom. The molecule has 1 aliphatic rings. The molecule has 102 valence electrons. The van der Waals surface area contributed by atoms with E-state index in [2.05, 4.69) is 4.98 Å². The van der Waals surface area contributed by atoms with Crippen LogP contribution in [0.2, 0.25) is 10.0 Å². The van der Waals surface area contributed by atoms with Crippen molar-refractivity contribution < 1.29 is 9.53 Å². The molecule has 0 radical (unpaired) electrons. The molecular weight excluding hydrogens is 297 g/mol. The number of carbonyl (C=O) groups excluding carboxylic acids is 1. The van der Waals surface area contributed by atoms with E-state index in [1.165, 1.54) is 0 Å². The van der Waals surface area contributed by atoms with Crippen LogP contribution in [0.25, 0.3) is 0 Å². The lowest BCUT2D eigenvalue weighted by atomic mass is 10.0. The Morgan fingerprint density at radius 2 is 2.20 bits per heavy atom. The van der Waals surface area contributed by atoms with Gasteiger partial charge in [0.1, 0.15) is 11.4 Å². The minimum Gasteiger partial charge on any atom is -0.493 e. The van der Waals surface area contributed by atoms with Gasteiger partial charge in [0.25, 0.3) is 0 Å². The molecular formula is C15H11Cl2NO2. The zero-order chi connectivity index (χ0) is 14.1. The first-order valence-corrected chi connectivity index (χ1v) is 6.98. The van der Waals surface area contributed by atoms with E-state index in [9.17, 15) is 4.79 Å². The van der Waals surface area contributed by atoms with Gasteiger partial charge in [0.15, 0.2) is 5.78 Å². The van der Waals surface area contributed by atoms with Crippen molar-refractivity contribution in [3.05, 3.63) is 57.3 Å². The standard InChI is InChI=1S/C15H11Cl2NO2/c16-11-6-9-3-5-20-15(9)10(7-11)8-13(19)14-12(17)2-1-4-18-14/h1-2,4,6-7H,3,5,8H2. The molecule has 20 heavy (non-hydrogen) atoms. The van der Waals surface area contributed by atoms with Crippen LogP contribution in [-0.2, 0) is 12.8 Å². The van der Waals surface area contributed by atoms with Gasteiger partial charge in [-0.05, 0) is 29.8 Å². The van der Waals surface area contributed by atoms with Crippen molar-refractivity contribution in [3.63, 3.8) is 0 Å². The van der Waals surface area contributed by atoms with E-state index in [1.54, 1.807) is 24.4 Å². The summed E-state index contributed by atoms with van der Waals surface area (Å²) in [5, 5.41) is 0.973. The highest BCUT2D eigenvalue weighted by Gasteiger charge is 2.21. The molecule has 0 aliphatic carbocycles. The van der Waals surface area contributed by atoms with E-state index in [0.29, 0.717) is 16.7 Å². The largest absolute Gasteiger partial charge is 0.493 e. The van der Waals surface area contributed by atoms with Gasteiger partial charge >= 0.3 is 0 Å². The second-order valence-electron chi connectivity index (χ2n) is 4.59. The maximum absolute atomic E-state index is 12.3. The van der Waals surface area contributed by atoms with Crippen LogP contribution in [0, 0.1) is 0 Å². The van der Waals surface area contributed by atoms with E-state index < -0.39 is 0 Å². The van der Waals surface area contributed by atoms with Crippen LogP contribution in [0.1, 0.15) is 21.6 Å². The van der Waals surface area contributed by atoms with Crippen molar-refractivity contribution in [2.45, 2.75) is 12.8 Å². The van der Waals surface area contributed by atoms with Crippen molar-refractivity contribution >= 4 is 29.0 Å². The Hall–Kier alpha value is -1.58. The monoisotopic (exact) mass is 307 g/mol. The third-order valence-electron chi connectivity index (χ3n) is 3.20. The maximum Gasteiger partial charge on any atom is 0.187 e. The molecule has 0 amide bonds. The molecule has 1 aromatic carbocycles. The number of halogens is 2. The third-order valence-corrected chi connectivity index (χ3v) is 3.72. The molecule has 1 aromatic heterocycles. The molecule has 0 spiro atoms. The highest BCUT2D eigenvalue weighted by Crippen LogP contribution is 2.33. The number of rotatable bonds is 3. The molecule has 3 rings (SSSR count). The Labute approximate surface area is 126 Å². The number of carbonyl (C=O) groups is 1. The van der Waals surface area contributed by atoms with Gasteiger partial charge in [0, 0.05) is 29.6 Å². The van der Waals surface area contributed by atoms with Gasteiger partial charge in [-0.2, -0.15) is 0 Å². The van der Waals surface area contributed by atoms with Gasteiger partial charge < -0.3 is 4.74 Å². The van der Waals surface area contributed by atoms with E-state index in [4.69, 9.17) is 27.9 Å². The number of ether oxygens (including phenoxy) is 1. The summed E-state index contributed by atoms with van der Waals surface area (Å²) in [6.45, 7) is 0.626. The van der Waals surface area contributed by atoms with Crippen molar-refractivity contribution in [2.24, 2.45) is 0 Å². The fourth-order valence-electron chi connectivity index (χ4n) is 2.32. The average Bonchev–Trinajstić information content (AvgIpc) is 2.87. The smallest absolute Gasteiger partial charge is 0.187 e. The molecule has 0 saturated heterocycles. The lowest BCUT2D eigenvalue weighted by Gasteiger charge is -2.08. The summed E-state index contributed by atoms with van der Waals surface area (Å²) >= 11 is 12.1. The summed E-state index contributed by atoms with van der Waals surface area (Å²) in [4.78, 5) is 16.3. The molecule has 1 aliphatic heterocycles. The summed E-state index contributed by atoms with van der Waals surface area (Å²) in [7, 11) is 0. The van der Waals surface area contributed by atoms with Gasteiger partial charge in [-0.3, -0.25) is 9.78 Å². The zero-order valence-electron chi connectivity index (χ0n) is 10.5. The normalized spacial score (nSPS) is 12.9. The maximum atomic E-state index is 12.3. The number of fused-ring (bicyclic) bond motifs is 1. The molecule has 0 saturated carbocycles. The van der Waals surface area contributed by atoms with Crippen LogP contribution >= 0.6 is 23.2 Å². The zero-order valence-corrected chi connectivity index (χ0v) is 12.0. The van der Waals surface area contributed by atoms with Crippen molar-refractivity contribution in [2.75, 3.05) is 6.61 Å². The van der Waals surface area contributed by atoms with Crippen molar-refractivity contribution in [1.29, 1.82) is 0 Å². The predicted molar refractivity (Wildman–Crippen MR) is 77.9 cm³/mol. The van der Waals surface area contributed by atoms with Gasteiger partial charge in [0.05, 0.1) is 11.6 Å². The van der Waals surface area contributed by atoms with Gasteiger partial charge in [-0.25, -0.2) is 0 Å². The molecule has 0 atom stereocenters. The molecule has 0 N–H and O–H groups in total. The Balaban J connectivity index is 1.93. The SMILES string of the molecule is O=C(Cc1cc(Cl)cc2c1OCC2)c1ncccc1Cl. The molecule has 0 fully saturated rings. The number of hydrogen-bond donors (Lipinski definition) is 0. The minimum atomic E-state index is -0.143. The van der Waals surface area contributed by atoms with Crippen LogP contribution in [0.4, 0.5) is 0 Å². The summed E-state index contributed by atoms with van der Waals surface area (Å²) in [5.41, 5.74) is 2.12. The molecule has 0 unspecified atom stereocenters. The van der Waals surface area contributed by atoms with Crippen molar-refractivity contribution in [1.82, 2.24) is 4.98 Å². The van der Waals surface area contributed by atoms with E-state index in [-0.39, 0.29) is 17.9 Å². The highest BCUT2D eigenvalue weighted by molar-refractivity contribution is 6.33. The quantitative estimate of drug-likeness (QED) is 0.811. The fourth-order valence-corrected chi connectivity index (χ4v) is 2.82. The lowest BCUT2D eigenvalue weighted by Crippen LogP contribution is -2.07. The van der Waals surface area contributed by atoms with Gasteiger partial charge in [0.2, 0.25) is 0 Å². The van der Waals surface area contributed by atoms with E-state index >= 15 is 0 Å². The summed E-state index contributed by atoms with van der Waals surface area (Å²) in [5.74, 6) is 0.630. The predicted octanol–water partition coefficient (Wildman–Crippen LogP) is 3.75. The number of aromatic nitrogens is 1. The second-order valence-corrected chi connectivity index (χ2v) is 5.43. The topological polar surface area (TPSA) is 39.2 Å². The van der Waals surface area contributed by atoms with Crippen molar-refractivity contribution in [3.8, 4) is 5.75 Å². The first-order valence-electron chi connectivity index (χ1n) is 6.23. The van der Waals surface area contributed by atoms with Gasteiger partial charge in [-0.15, -0.1) is 0 Å². The third kappa shape index (κ3) is 2.51. The first-order chi connectivity index (χ1) is 9.65. The minimum absolute atomic E-state index is 0.143. The molecule has 2 aromatic rings. The lowest BCUT2D eigenvalue weighted by molar-refractivity contribution is 0.0987.